The molecule has 0 aliphatic carbocycles. The molecule has 38 heavy (non-hydrogen) atoms. The standard InChI is InChI=1S/C30H44N6O2/c1-23-28-29(33(2)32-23)30(38)31-25-14-4-5-15-26(25)36(28)27(37)16-11-21-35-20-10-13-24(22-35)12-6-9-19-34-17-7-3-8-18-34/h4-5,14-15,24H,3,6-13,16-22H2,1-2H3,(H,31,38). The molecule has 1 aromatic carbocycles. The first kappa shape index (κ1) is 26.9. The van der Waals surface area contributed by atoms with Crippen molar-refractivity contribution in [3.63, 3.8) is 0 Å². The number of hydrogen-bond donors (Lipinski definition) is 1. The molecule has 2 aromatic rings. The number of hydrogen-bond acceptors (Lipinski definition) is 5. The van der Waals surface area contributed by atoms with Crippen molar-refractivity contribution >= 4 is 28.9 Å². The summed E-state index contributed by atoms with van der Waals surface area (Å²) in [5, 5.41) is 7.43. The van der Waals surface area contributed by atoms with E-state index in [2.05, 4.69) is 20.2 Å². The summed E-state index contributed by atoms with van der Waals surface area (Å²) in [6.07, 6.45) is 12.0. The lowest BCUT2D eigenvalue weighted by molar-refractivity contribution is -0.118. The van der Waals surface area contributed by atoms with E-state index in [1.807, 2.05) is 31.2 Å². The Morgan fingerprint density at radius 1 is 1.00 bits per heavy atom. The minimum Gasteiger partial charge on any atom is -0.319 e. The molecule has 2 saturated heterocycles. The second kappa shape index (κ2) is 12.4. The quantitative estimate of drug-likeness (QED) is 0.465. The Labute approximate surface area is 227 Å². The smallest absolute Gasteiger partial charge is 0.276 e. The molecule has 1 N–H and O–H groups in total. The van der Waals surface area contributed by atoms with Gasteiger partial charge < -0.3 is 15.1 Å². The van der Waals surface area contributed by atoms with Crippen LogP contribution in [0.25, 0.3) is 0 Å². The molecule has 0 spiro atoms. The molecule has 8 nitrogen and oxygen atoms in total. The van der Waals surface area contributed by atoms with E-state index >= 15 is 0 Å². The zero-order valence-corrected chi connectivity index (χ0v) is 23.3. The number of carbonyl (C=O) groups excluding carboxylic acids is 2. The number of anilines is 3. The molecule has 0 saturated carbocycles. The van der Waals surface area contributed by atoms with Crippen LogP contribution in [-0.2, 0) is 11.8 Å². The predicted molar refractivity (Wildman–Crippen MR) is 152 cm³/mol. The van der Waals surface area contributed by atoms with Gasteiger partial charge in [-0.05, 0) is 103 Å². The highest BCUT2D eigenvalue weighted by molar-refractivity contribution is 6.17. The summed E-state index contributed by atoms with van der Waals surface area (Å²) in [6, 6.07) is 7.53. The zero-order chi connectivity index (χ0) is 26.5. The van der Waals surface area contributed by atoms with E-state index in [0.29, 0.717) is 34.9 Å². The lowest BCUT2D eigenvalue weighted by Crippen LogP contribution is -2.37. The Hall–Kier alpha value is -2.71. The fraction of sp³-hybridized carbons (Fsp3) is 0.633. The van der Waals surface area contributed by atoms with Crippen molar-refractivity contribution in [2.75, 3.05) is 49.5 Å². The van der Waals surface area contributed by atoms with Crippen LogP contribution in [0.4, 0.5) is 17.1 Å². The Kier molecular flexibility index (Phi) is 8.79. The number of nitrogens with zero attached hydrogens (tertiary/aromatic N) is 5. The fourth-order valence-corrected chi connectivity index (χ4v) is 6.61. The van der Waals surface area contributed by atoms with E-state index in [4.69, 9.17) is 0 Å². The van der Waals surface area contributed by atoms with Gasteiger partial charge in [0, 0.05) is 20.0 Å². The molecular weight excluding hydrogens is 476 g/mol. The second-order valence-corrected chi connectivity index (χ2v) is 11.4. The van der Waals surface area contributed by atoms with Crippen molar-refractivity contribution in [2.24, 2.45) is 13.0 Å². The third-order valence-corrected chi connectivity index (χ3v) is 8.53. The summed E-state index contributed by atoms with van der Waals surface area (Å²) in [4.78, 5) is 33.6. The maximum absolute atomic E-state index is 13.7. The van der Waals surface area contributed by atoms with Gasteiger partial charge in [0.2, 0.25) is 5.91 Å². The van der Waals surface area contributed by atoms with E-state index in [9.17, 15) is 9.59 Å². The number of aryl methyl sites for hydroxylation is 2. The maximum Gasteiger partial charge on any atom is 0.276 e. The van der Waals surface area contributed by atoms with Crippen LogP contribution in [0.15, 0.2) is 24.3 Å². The van der Waals surface area contributed by atoms with Gasteiger partial charge in [0.15, 0.2) is 5.69 Å². The first-order valence-corrected chi connectivity index (χ1v) is 14.7. The van der Waals surface area contributed by atoms with Gasteiger partial charge >= 0.3 is 0 Å². The van der Waals surface area contributed by atoms with Gasteiger partial charge in [0.1, 0.15) is 5.69 Å². The number of para-hydroxylation sites is 2. The van der Waals surface area contributed by atoms with Crippen LogP contribution < -0.4 is 10.2 Å². The normalized spacial score (nSPS) is 20.5. The van der Waals surface area contributed by atoms with Crippen LogP contribution in [0.5, 0.6) is 0 Å². The number of likely N-dealkylation sites (tertiary alicyclic amines) is 2. The second-order valence-electron chi connectivity index (χ2n) is 11.4. The van der Waals surface area contributed by atoms with E-state index < -0.39 is 0 Å². The van der Waals surface area contributed by atoms with Gasteiger partial charge in [0.25, 0.3) is 5.91 Å². The van der Waals surface area contributed by atoms with Crippen molar-refractivity contribution in [1.82, 2.24) is 19.6 Å². The van der Waals surface area contributed by atoms with E-state index in [-0.39, 0.29) is 11.8 Å². The topological polar surface area (TPSA) is 73.7 Å². The van der Waals surface area contributed by atoms with Crippen LogP contribution in [0.1, 0.15) is 80.4 Å². The first-order valence-electron chi connectivity index (χ1n) is 14.7. The Morgan fingerprint density at radius 3 is 2.61 bits per heavy atom. The lowest BCUT2D eigenvalue weighted by atomic mass is 9.92. The van der Waals surface area contributed by atoms with Gasteiger partial charge in [-0.1, -0.05) is 25.0 Å². The number of carbonyl (C=O) groups is 2. The van der Waals surface area contributed by atoms with Crippen molar-refractivity contribution in [1.29, 1.82) is 0 Å². The summed E-state index contributed by atoms with van der Waals surface area (Å²) in [7, 11) is 1.75. The SMILES string of the molecule is Cc1nn(C)c2c1N(C(=O)CCCN1CCCC(CCCCN3CCCCC3)C1)c1ccccc1NC2=O. The highest BCUT2D eigenvalue weighted by Crippen LogP contribution is 2.40. The van der Waals surface area contributed by atoms with Crippen LogP contribution in [0, 0.1) is 12.8 Å². The van der Waals surface area contributed by atoms with Crippen molar-refractivity contribution < 1.29 is 9.59 Å². The highest BCUT2D eigenvalue weighted by atomic mass is 16.2. The monoisotopic (exact) mass is 520 g/mol. The van der Waals surface area contributed by atoms with Crippen LogP contribution in [-0.4, -0.2) is 70.7 Å². The molecule has 2 amide bonds. The summed E-state index contributed by atoms with van der Waals surface area (Å²) < 4.78 is 1.58. The molecule has 1 unspecified atom stereocenters. The minimum absolute atomic E-state index is 0.0116. The van der Waals surface area contributed by atoms with E-state index in [1.54, 1.807) is 16.6 Å². The molecule has 3 aliphatic rings. The first-order chi connectivity index (χ1) is 18.5. The molecule has 5 rings (SSSR count). The molecule has 3 aliphatic heterocycles. The van der Waals surface area contributed by atoms with E-state index in [0.717, 1.165) is 32.0 Å². The predicted octanol–water partition coefficient (Wildman–Crippen LogP) is 5.11. The maximum atomic E-state index is 13.7. The molecular formula is C30H44N6O2. The third-order valence-electron chi connectivity index (χ3n) is 8.53. The van der Waals surface area contributed by atoms with Crippen molar-refractivity contribution in [2.45, 2.75) is 71.1 Å². The number of unbranched alkanes of at least 4 members (excludes halogenated alkanes) is 1. The molecule has 1 atom stereocenters. The molecule has 206 valence electrons. The van der Waals surface area contributed by atoms with Gasteiger partial charge in [-0.3, -0.25) is 19.2 Å². The third kappa shape index (κ3) is 6.12. The Bertz CT molecular complexity index is 1120. The zero-order valence-electron chi connectivity index (χ0n) is 23.3. The summed E-state index contributed by atoms with van der Waals surface area (Å²) >= 11 is 0. The van der Waals surface area contributed by atoms with Crippen molar-refractivity contribution in [3.05, 3.63) is 35.7 Å². The molecule has 0 radical (unpaired) electrons. The van der Waals surface area contributed by atoms with Crippen LogP contribution >= 0.6 is 0 Å². The number of benzene rings is 1. The average Bonchev–Trinajstić information content (AvgIpc) is 3.13. The molecule has 0 bridgehead atoms. The number of amides is 2. The van der Waals surface area contributed by atoms with Gasteiger partial charge in [0.05, 0.1) is 17.1 Å². The highest BCUT2D eigenvalue weighted by Gasteiger charge is 2.34. The van der Waals surface area contributed by atoms with Gasteiger partial charge in [-0.25, -0.2) is 0 Å². The molecule has 4 heterocycles. The number of aromatic nitrogens is 2. The largest absolute Gasteiger partial charge is 0.319 e. The average molecular weight is 521 g/mol. The number of fused-ring (bicyclic) bond motifs is 2. The molecule has 1 aromatic heterocycles. The summed E-state index contributed by atoms with van der Waals surface area (Å²) in [5.41, 5.74) is 3.07. The van der Waals surface area contributed by atoms with Gasteiger partial charge in [-0.15, -0.1) is 0 Å². The molecule has 2 fully saturated rings. The summed E-state index contributed by atoms with van der Waals surface area (Å²) in [5.74, 6) is 0.565. The van der Waals surface area contributed by atoms with Gasteiger partial charge in [-0.2, -0.15) is 5.10 Å². The number of rotatable bonds is 9. The van der Waals surface area contributed by atoms with Crippen LogP contribution in [0.2, 0.25) is 0 Å². The number of nitrogens with one attached hydrogen (secondary N) is 1. The number of piperidine rings is 2. The molecule has 8 heteroatoms. The Balaban J connectivity index is 1.14. The fourth-order valence-electron chi connectivity index (χ4n) is 6.61. The van der Waals surface area contributed by atoms with Crippen molar-refractivity contribution in [3.8, 4) is 0 Å². The van der Waals surface area contributed by atoms with Crippen LogP contribution in [0.3, 0.4) is 0 Å². The minimum atomic E-state index is -0.235. The Morgan fingerprint density at radius 2 is 1.76 bits per heavy atom. The summed E-state index contributed by atoms with van der Waals surface area (Å²) in [6.45, 7) is 8.98. The van der Waals surface area contributed by atoms with E-state index in [1.165, 1.54) is 71.0 Å². The lowest BCUT2D eigenvalue weighted by Gasteiger charge is -2.33.